The summed E-state index contributed by atoms with van der Waals surface area (Å²) in [6.45, 7) is 0.264. The fraction of sp³-hybridized carbons (Fsp3) is 0.143. The second-order valence-corrected chi connectivity index (χ2v) is 8.42. The van der Waals surface area contributed by atoms with Crippen molar-refractivity contribution in [3.05, 3.63) is 70.5 Å². The Labute approximate surface area is 169 Å². The van der Waals surface area contributed by atoms with Crippen molar-refractivity contribution >= 4 is 33.3 Å². The zero-order chi connectivity index (χ0) is 19.1. The van der Waals surface area contributed by atoms with Crippen molar-refractivity contribution in [2.24, 2.45) is 7.05 Å². The summed E-state index contributed by atoms with van der Waals surface area (Å²) >= 11 is 3.03. The van der Waals surface area contributed by atoms with E-state index in [1.165, 1.54) is 23.1 Å². The van der Waals surface area contributed by atoms with Crippen LogP contribution in [0, 0.1) is 0 Å². The van der Waals surface area contributed by atoms with E-state index in [9.17, 15) is 4.79 Å². The van der Waals surface area contributed by atoms with E-state index in [4.69, 9.17) is 14.5 Å². The van der Waals surface area contributed by atoms with Crippen LogP contribution in [0.5, 0.6) is 11.5 Å². The monoisotopic (exact) mass is 408 g/mol. The van der Waals surface area contributed by atoms with E-state index in [0.29, 0.717) is 15.6 Å². The van der Waals surface area contributed by atoms with E-state index < -0.39 is 0 Å². The van der Waals surface area contributed by atoms with Crippen LogP contribution in [0.2, 0.25) is 0 Å². The van der Waals surface area contributed by atoms with Crippen LogP contribution < -0.4 is 15.0 Å². The maximum Gasteiger partial charge on any atom is 0.271 e. The summed E-state index contributed by atoms with van der Waals surface area (Å²) < 4.78 is 13.1. The first-order valence-electron chi connectivity index (χ1n) is 8.76. The zero-order valence-corrected chi connectivity index (χ0v) is 16.7. The summed E-state index contributed by atoms with van der Waals surface area (Å²) in [4.78, 5) is 18.6. The first-order chi connectivity index (χ1) is 13.7. The normalized spacial score (nSPS) is 12.6. The van der Waals surface area contributed by atoms with Crippen LogP contribution in [-0.4, -0.2) is 16.3 Å². The summed E-state index contributed by atoms with van der Waals surface area (Å²) in [5.74, 6) is 2.23. The molecule has 140 valence electrons. The summed E-state index contributed by atoms with van der Waals surface area (Å²) in [6, 6.07) is 18.0. The van der Waals surface area contributed by atoms with Gasteiger partial charge in [-0.1, -0.05) is 48.2 Å². The molecule has 3 heterocycles. The molecule has 0 spiro atoms. The van der Waals surface area contributed by atoms with Crippen LogP contribution in [0.15, 0.2) is 64.5 Å². The van der Waals surface area contributed by atoms with Crippen LogP contribution in [0.4, 0.5) is 0 Å². The first kappa shape index (κ1) is 17.3. The third-order valence-corrected chi connectivity index (χ3v) is 6.84. The van der Waals surface area contributed by atoms with Crippen LogP contribution in [0.1, 0.15) is 5.56 Å². The van der Waals surface area contributed by atoms with E-state index in [1.54, 1.807) is 11.6 Å². The molecular weight excluding hydrogens is 392 g/mol. The van der Waals surface area contributed by atoms with Gasteiger partial charge in [-0.05, 0) is 29.3 Å². The Morgan fingerprint density at radius 1 is 1.11 bits per heavy atom. The van der Waals surface area contributed by atoms with E-state index in [1.807, 2.05) is 54.6 Å². The third kappa shape index (κ3) is 3.06. The van der Waals surface area contributed by atoms with Gasteiger partial charge in [0, 0.05) is 17.7 Å². The van der Waals surface area contributed by atoms with Crippen molar-refractivity contribution in [3.8, 4) is 21.9 Å². The van der Waals surface area contributed by atoms with Gasteiger partial charge in [-0.3, -0.25) is 9.36 Å². The van der Waals surface area contributed by atoms with Crippen molar-refractivity contribution < 1.29 is 9.47 Å². The van der Waals surface area contributed by atoms with Crippen LogP contribution in [-0.2, 0) is 12.8 Å². The zero-order valence-electron chi connectivity index (χ0n) is 15.0. The van der Waals surface area contributed by atoms with Crippen molar-refractivity contribution in [1.29, 1.82) is 0 Å². The molecule has 0 radical (unpaired) electrons. The Hall–Kier alpha value is -2.77. The van der Waals surface area contributed by atoms with E-state index in [0.717, 1.165) is 33.0 Å². The molecule has 0 bridgehead atoms. The summed E-state index contributed by atoms with van der Waals surface area (Å²) in [6.07, 6.45) is 0. The molecule has 5 nitrogen and oxygen atoms in total. The molecule has 5 rings (SSSR count). The highest BCUT2D eigenvalue weighted by molar-refractivity contribution is 7.98. The number of thiophene rings is 1. The van der Waals surface area contributed by atoms with Gasteiger partial charge < -0.3 is 9.47 Å². The minimum Gasteiger partial charge on any atom is -0.454 e. The quantitative estimate of drug-likeness (QED) is 0.362. The Morgan fingerprint density at radius 2 is 1.93 bits per heavy atom. The smallest absolute Gasteiger partial charge is 0.271 e. The van der Waals surface area contributed by atoms with E-state index >= 15 is 0 Å². The number of rotatable bonds is 4. The van der Waals surface area contributed by atoms with Gasteiger partial charge in [-0.2, -0.15) is 0 Å². The standard InChI is InChI=1S/C21H16N2O3S2/c1-23-20(24)19-15(10-18(28-19)14-5-3-2-4-6-14)22-21(23)27-11-13-7-8-16-17(9-13)26-12-25-16/h2-10H,11-12H2,1H3. The summed E-state index contributed by atoms with van der Waals surface area (Å²) in [5.41, 5.74) is 2.94. The molecule has 0 fully saturated rings. The summed E-state index contributed by atoms with van der Waals surface area (Å²) in [7, 11) is 1.78. The van der Waals surface area contributed by atoms with Crippen LogP contribution in [0.3, 0.4) is 0 Å². The molecule has 0 saturated heterocycles. The molecule has 0 unspecified atom stereocenters. The average molecular weight is 409 g/mol. The van der Waals surface area contributed by atoms with Gasteiger partial charge in [0.2, 0.25) is 6.79 Å². The predicted molar refractivity (Wildman–Crippen MR) is 112 cm³/mol. The van der Waals surface area contributed by atoms with Gasteiger partial charge in [0.1, 0.15) is 4.70 Å². The Balaban J connectivity index is 1.46. The molecule has 0 N–H and O–H groups in total. The lowest BCUT2D eigenvalue weighted by atomic mass is 10.2. The molecule has 2 aromatic heterocycles. The lowest BCUT2D eigenvalue weighted by Crippen LogP contribution is -2.18. The molecule has 7 heteroatoms. The first-order valence-corrected chi connectivity index (χ1v) is 10.6. The number of hydrogen-bond acceptors (Lipinski definition) is 6. The number of hydrogen-bond donors (Lipinski definition) is 0. The average Bonchev–Trinajstić information content (AvgIpc) is 3.37. The van der Waals surface area contributed by atoms with Gasteiger partial charge >= 0.3 is 0 Å². The number of fused-ring (bicyclic) bond motifs is 2. The largest absolute Gasteiger partial charge is 0.454 e. The minimum absolute atomic E-state index is 0.00892. The molecule has 0 amide bonds. The SMILES string of the molecule is Cn1c(SCc2ccc3c(c2)OCO3)nc2cc(-c3ccccc3)sc2c1=O. The van der Waals surface area contributed by atoms with Gasteiger partial charge in [-0.25, -0.2) is 4.98 Å². The molecule has 0 atom stereocenters. The second kappa shape index (κ2) is 7.00. The number of thioether (sulfide) groups is 1. The number of ether oxygens (including phenoxy) is 2. The number of nitrogens with zero attached hydrogens (tertiary/aromatic N) is 2. The van der Waals surface area contributed by atoms with Crippen molar-refractivity contribution in [2.75, 3.05) is 6.79 Å². The van der Waals surface area contributed by atoms with Crippen molar-refractivity contribution in [1.82, 2.24) is 9.55 Å². The molecule has 1 aliphatic rings. The molecule has 0 aliphatic carbocycles. The Kier molecular flexibility index (Phi) is 4.33. The van der Waals surface area contributed by atoms with Gasteiger partial charge in [0.05, 0.1) is 5.52 Å². The molecule has 2 aromatic carbocycles. The molecule has 28 heavy (non-hydrogen) atoms. The summed E-state index contributed by atoms with van der Waals surface area (Å²) in [5, 5.41) is 0.701. The fourth-order valence-electron chi connectivity index (χ4n) is 3.09. The van der Waals surface area contributed by atoms with E-state index in [2.05, 4.69) is 0 Å². The topological polar surface area (TPSA) is 53.4 Å². The van der Waals surface area contributed by atoms with Gasteiger partial charge in [-0.15, -0.1) is 11.3 Å². The molecule has 4 aromatic rings. The third-order valence-electron chi connectivity index (χ3n) is 4.58. The second-order valence-electron chi connectivity index (χ2n) is 6.43. The highest BCUT2D eigenvalue weighted by Gasteiger charge is 2.16. The maximum atomic E-state index is 12.8. The molecular formula is C21H16N2O3S2. The lowest BCUT2D eigenvalue weighted by Gasteiger charge is -2.07. The van der Waals surface area contributed by atoms with Crippen LogP contribution in [0.25, 0.3) is 20.7 Å². The Morgan fingerprint density at radius 3 is 2.79 bits per heavy atom. The van der Waals surface area contributed by atoms with Crippen molar-refractivity contribution in [2.45, 2.75) is 10.9 Å². The molecule has 1 aliphatic heterocycles. The number of aromatic nitrogens is 2. The van der Waals surface area contributed by atoms with Gasteiger partial charge in [0.15, 0.2) is 16.7 Å². The van der Waals surface area contributed by atoms with E-state index in [-0.39, 0.29) is 12.4 Å². The fourth-order valence-corrected chi connectivity index (χ4v) is 5.08. The number of benzene rings is 2. The maximum absolute atomic E-state index is 12.8. The minimum atomic E-state index is -0.00892. The molecule has 0 saturated carbocycles. The predicted octanol–water partition coefficient (Wildman–Crippen LogP) is 4.68. The van der Waals surface area contributed by atoms with Crippen LogP contribution >= 0.6 is 23.1 Å². The van der Waals surface area contributed by atoms with Crippen molar-refractivity contribution in [3.63, 3.8) is 0 Å². The Bertz CT molecular complexity index is 1230. The lowest BCUT2D eigenvalue weighted by molar-refractivity contribution is 0.174. The van der Waals surface area contributed by atoms with Gasteiger partial charge in [0.25, 0.3) is 5.56 Å². The highest BCUT2D eigenvalue weighted by Crippen LogP contribution is 2.35. The highest BCUT2D eigenvalue weighted by atomic mass is 32.2.